The van der Waals surface area contributed by atoms with Crippen LogP contribution in [-0.4, -0.2) is 17.8 Å². The fraction of sp³-hybridized carbons (Fsp3) is 0.235. The fourth-order valence-electron chi connectivity index (χ4n) is 2.44. The highest BCUT2D eigenvalue weighted by Crippen LogP contribution is 2.28. The number of alkyl halides is 1. The number of rotatable bonds is 4. The van der Waals surface area contributed by atoms with Gasteiger partial charge in [-0.05, 0) is 42.3 Å². The molecule has 1 fully saturated rings. The molecule has 112 valence electrons. The molecule has 22 heavy (non-hydrogen) atoms. The standard InChI is InChI=1S/C17H16BrN3O/c18-11-13-10-17(22)21(12-13)16-8-6-15(7-9-16)20-19-14-4-2-1-3-5-14/h1-9,13H,10-12H2. The normalized spacial score (nSPS) is 18.3. The van der Waals surface area contributed by atoms with E-state index in [9.17, 15) is 4.79 Å². The molecule has 0 bridgehead atoms. The Balaban J connectivity index is 1.71. The first-order valence-electron chi connectivity index (χ1n) is 7.19. The zero-order chi connectivity index (χ0) is 15.4. The van der Waals surface area contributed by atoms with E-state index >= 15 is 0 Å². The Kier molecular flexibility index (Phi) is 4.63. The highest BCUT2D eigenvalue weighted by molar-refractivity contribution is 9.09. The van der Waals surface area contributed by atoms with Gasteiger partial charge in [-0.15, -0.1) is 0 Å². The third-order valence-electron chi connectivity index (χ3n) is 3.62. The topological polar surface area (TPSA) is 45.0 Å². The lowest BCUT2D eigenvalue weighted by Crippen LogP contribution is -2.24. The van der Waals surface area contributed by atoms with Gasteiger partial charge in [0.25, 0.3) is 0 Å². The van der Waals surface area contributed by atoms with Gasteiger partial charge in [0, 0.05) is 24.0 Å². The summed E-state index contributed by atoms with van der Waals surface area (Å²) in [6.45, 7) is 0.773. The lowest BCUT2D eigenvalue weighted by atomic mass is 10.2. The predicted octanol–water partition coefficient (Wildman–Crippen LogP) is 4.85. The van der Waals surface area contributed by atoms with Crippen molar-refractivity contribution in [3.8, 4) is 0 Å². The number of carbonyl (C=O) groups is 1. The molecule has 3 rings (SSSR count). The first-order valence-corrected chi connectivity index (χ1v) is 8.31. The van der Waals surface area contributed by atoms with Gasteiger partial charge in [-0.3, -0.25) is 4.79 Å². The van der Waals surface area contributed by atoms with Crippen molar-refractivity contribution in [3.63, 3.8) is 0 Å². The second kappa shape index (κ2) is 6.83. The Labute approximate surface area is 138 Å². The van der Waals surface area contributed by atoms with Crippen molar-refractivity contribution in [2.45, 2.75) is 6.42 Å². The van der Waals surface area contributed by atoms with Crippen LogP contribution in [0.3, 0.4) is 0 Å². The summed E-state index contributed by atoms with van der Waals surface area (Å²) in [6, 6.07) is 17.2. The maximum absolute atomic E-state index is 12.0. The van der Waals surface area contributed by atoms with Crippen molar-refractivity contribution >= 4 is 38.9 Å². The van der Waals surface area contributed by atoms with E-state index in [2.05, 4.69) is 26.2 Å². The Morgan fingerprint density at radius 3 is 2.23 bits per heavy atom. The molecule has 1 atom stereocenters. The fourth-order valence-corrected chi connectivity index (χ4v) is 2.88. The number of halogens is 1. The number of amides is 1. The number of nitrogens with zero attached hydrogens (tertiary/aromatic N) is 3. The minimum absolute atomic E-state index is 0.183. The molecule has 4 nitrogen and oxygen atoms in total. The Bertz CT molecular complexity index is 670. The van der Waals surface area contributed by atoms with E-state index < -0.39 is 0 Å². The minimum atomic E-state index is 0.183. The monoisotopic (exact) mass is 357 g/mol. The van der Waals surface area contributed by atoms with E-state index in [0.717, 1.165) is 28.9 Å². The summed E-state index contributed by atoms with van der Waals surface area (Å²) in [5, 5.41) is 9.25. The van der Waals surface area contributed by atoms with Crippen LogP contribution in [0.15, 0.2) is 64.8 Å². The Morgan fingerprint density at radius 2 is 1.64 bits per heavy atom. The van der Waals surface area contributed by atoms with E-state index in [1.165, 1.54) is 0 Å². The molecule has 1 aliphatic rings. The van der Waals surface area contributed by atoms with Crippen molar-refractivity contribution < 1.29 is 4.79 Å². The van der Waals surface area contributed by atoms with Crippen LogP contribution in [-0.2, 0) is 4.79 Å². The third-order valence-corrected chi connectivity index (χ3v) is 4.54. The molecule has 0 saturated carbocycles. The van der Waals surface area contributed by atoms with Gasteiger partial charge in [0.1, 0.15) is 0 Å². The average molecular weight is 358 g/mol. The summed E-state index contributed by atoms with van der Waals surface area (Å²) in [7, 11) is 0. The molecule has 0 N–H and O–H groups in total. The molecule has 0 spiro atoms. The molecular formula is C17H16BrN3O. The minimum Gasteiger partial charge on any atom is -0.312 e. The van der Waals surface area contributed by atoms with Gasteiger partial charge in [-0.1, -0.05) is 34.1 Å². The first-order chi connectivity index (χ1) is 10.8. The summed E-state index contributed by atoms with van der Waals surface area (Å²) in [4.78, 5) is 13.8. The molecule has 5 heteroatoms. The van der Waals surface area contributed by atoms with Gasteiger partial charge in [0.05, 0.1) is 11.4 Å². The number of hydrogen-bond donors (Lipinski definition) is 0. The molecule has 1 unspecified atom stereocenters. The Morgan fingerprint density at radius 1 is 1.00 bits per heavy atom. The number of anilines is 1. The van der Waals surface area contributed by atoms with Gasteiger partial charge < -0.3 is 4.90 Å². The van der Waals surface area contributed by atoms with Crippen molar-refractivity contribution in [2.24, 2.45) is 16.1 Å². The largest absolute Gasteiger partial charge is 0.312 e. The summed E-state index contributed by atoms with van der Waals surface area (Å²) < 4.78 is 0. The quantitative estimate of drug-likeness (QED) is 0.569. The van der Waals surface area contributed by atoms with Crippen molar-refractivity contribution in [1.29, 1.82) is 0 Å². The molecular weight excluding hydrogens is 342 g/mol. The van der Waals surface area contributed by atoms with Gasteiger partial charge in [-0.25, -0.2) is 0 Å². The molecule has 1 saturated heterocycles. The molecule has 2 aromatic carbocycles. The SMILES string of the molecule is O=C1CC(CBr)CN1c1ccc(N=Nc2ccccc2)cc1. The van der Waals surface area contributed by atoms with Crippen molar-refractivity contribution in [1.82, 2.24) is 0 Å². The zero-order valence-corrected chi connectivity index (χ0v) is 13.6. The predicted molar refractivity (Wildman–Crippen MR) is 91.3 cm³/mol. The van der Waals surface area contributed by atoms with Crippen LogP contribution in [0.25, 0.3) is 0 Å². The number of hydrogen-bond acceptors (Lipinski definition) is 3. The lowest BCUT2D eigenvalue weighted by Gasteiger charge is -2.16. The molecule has 1 amide bonds. The molecule has 0 aromatic heterocycles. The van der Waals surface area contributed by atoms with Crippen LogP contribution >= 0.6 is 15.9 Å². The molecule has 0 radical (unpaired) electrons. The van der Waals surface area contributed by atoms with Gasteiger partial charge >= 0.3 is 0 Å². The smallest absolute Gasteiger partial charge is 0.227 e. The van der Waals surface area contributed by atoms with Crippen LogP contribution < -0.4 is 4.90 Å². The lowest BCUT2D eigenvalue weighted by molar-refractivity contribution is -0.117. The summed E-state index contributed by atoms with van der Waals surface area (Å²) in [5.74, 6) is 0.577. The number of benzene rings is 2. The van der Waals surface area contributed by atoms with Gasteiger partial charge in [-0.2, -0.15) is 10.2 Å². The van der Waals surface area contributed by atoms with Crippen molar-refractivity contribution in [2.75, 3.05) is 16.8 Å². The van der Waals surface area contributed by atoms with Crippen molar-refractivity contribution in [3.05, 3.63) is 54.6 Å². The van der Waals surface area contributed by atoms with Crippen LogP contribution in [0, 0.1) is 5.92 Å². The highest BCUT2D eigenvalue weighted by atomic mass is 79.9. The molecule has 1 heterocycles. The van der Waals surface area contributed by atoms with E-state index in [4.69, 9.17) is 0 Å². The average Bonchev–Trinajstić information content (AvgIpc) is 2.95. The van der Waals surface area contributed by atoms with Gasteiger partial charge in [0.15, 0.2) is 0 Å². The second-order valence-corrected chi connectivity index (χ2v) is 5.93. The maximum atomic E-state index is 12.0. The van der Waals surface area contributed by atoms with E-state index in [-0.39, 0.29) is 5.91 Å². The summed E-state index contributed by atoms with van der Waals surface area (Å²) in [6.07, 6.45) is 0.612. The third kappa shape index (κ3) is 3.42. The van der Waals surface area contributed by atoms with E-state index in [1.54, 1.807) is 0 Å². The molecule has 2 aromatic rings. The summed E-state index contributed by atoms with van der Waals surface area (Å²) >= 11 is 3.45. The Hall–Kier alpha value is -2.01. The number of azo groups is 1. The zero-order valence-electron chi connectivity index (χ0n) is 12.0. The summed E-state index contributed by atoms with van der Waals surface area (Å²) in [5.41, 5.74) is 2.52. The number of carbonyl (C=O) groups excluding carboxylic acids is 1. The second-order valence-electron chi connectivity index (χ2n) is 5.28. The molecule has 1 aliphatic heterocycles. The van der Waals surface area contributed by atoms with Crippen LogP contribution in [0.2, 0.25) is 0 Å². The van der Waals surface area contributed by atoms with Crippen LogP contribution in [0.1, 0.15) is 6.42 Å². The van der Waals surface area contributed by atoms with E-state index in [1.807, 2.05) is 59.5 Å². The highest BCUT2D eigenvalue weighted by Gasteiger charge is 2.29. The van der Waals surface area contributed by atoms with Gasteiger partial charge in [0.2, 0.25) is 5.91 Å². The van der Waals surface area contributed by atoms with E-state index in [0.29, 0.717) is 12.3 Å². The van der Waals surface area contributed by atoms with Crippen LogP contribution in [0.4, 0.5) is 17.1 Å². The first kappa shape index (κ1) is 14.9. The van der Waals surface area contributed by atoms with Crippen LogP contribution in [0.5, 0.6) is 0 Å². The maximum Gasteiger partial charge on any atom is 0.227 e. The molecule has 0 aliphatic carbocycles.